The van der Waals surface area contributed by atoms with Gasteiger partial charge >= 0.3 is 0 Å². The largest absolute Gasteiger partial charge is 0.395 e. The number of sulfone groups is 1. The first-order chi connectivity index (χ1) is 9.92. The number of aliphatic hydroxyl groups excluding tert-OH is 1. The van der Waals surface area contributed by atoms with E-state index in [1.807, 2.05) is 0 Å². The maximum atomic E-state index is 11.8. The van der Waals surface area contributed by atoms with Gasteiger partial charge in [0.2, 0.25) is 5.91 Å². The van der Waals surface area contributed by atoms with Crippen molar-refractivity contribution < 1.29 is 18.3 Å². The minimum Gasteiger partial charge on any atom is -0.395 e. The molecule has 1 amide bonds. The number of hydrogen-bond donors (Lipinski definition) is 2. The molecule has 1 heterocycles. The van der Waals surface area contributed by atoms with Gasteiger partial charge in [-0.15, -0.1) is 11.3 Å². The third-order valence-electron chi connectivity index (χ3n) is 2.75. The van der Waals surface area contributed by atoms with Crippen LogP contribution >= 0.6 is 11.3 Å². The number of nitrogens with two attached hydrogens (primary N) is 1. The van der Waals surface area contributed by atoms with E-state index < -0.39 is 22.4 Å². The number of benzene rings is 1. The van der Waals surface area contributed by atoms with Crippen LogP contribution in [0.4, 0.5) is 0 Å². The molecule has 0 fully saturated rings. The number of amides is 1. The van der Waals surface area contributed by atoms with Crippen LogP contribution in [0.5, 0.6) is 0 Å². The molecule has 0 aliphatic carbocycles. The summed E-state index contributed by atoms with van der Waals surface area (Å²) < 4.78 is 23.6. The van der Waals surface area contributed by atoms with E-state index in [9.17, 15) is 13.2 Å². The Morgan fingerprint density at radius 2 is 1.95 bits per heavy atom. The highest BCUT2D eigenvalue weighted by Crippen LogP contribution is 2.24. The first-order valence-electron chi connectivity index (χ1n) is 6.09. The highest BCUT2D eigenvalue weighted by molar-refractivity contribution is 7.91. The predicted octanol–water partition coefficient (Wildman–Crippen LogP) is 0.604. The third kappa shape index (κ3) is 3.87. The van der Waals surface area contributed by atoms with E-state index in [-0.39, 0.29) is 17.1 Å². The van der Waals surface area contributed by atoms with Crippen LogP contribution in [0.1, 0.15) is 5.01 Å². The first-order valence-corrected chi connectivity index (χ1v) is 8.62. The molecule has 112 valence electrons. The SMILES string of the molecule is NC(=O)Cc1nc(-c2ccc(S(=O)(=O)CCO)cc2)cs1. The molecule has 2 aromatic rings. The van der Waals surface area contributed by atoms with Crippen molar-refractivity contribution in [3.8, 4) is 11.3 Å². The second-order valence-electron chi connectivity index (χ2n) is 4.34. The fraction of sp³-hybridized carbons (Fsp3) is 0.231. The molecule has 0 atom stereocenters. The topological polar surface area (TPSA) is 110 Å². The average Bonchev–Trinajstić information content (AvgIpc) is 2.86. The van der Waals surface area contributed by atoms with E-state index in [4.69, 9.17) is 10.8 Å². The fourth-order valence-corrected chi connectivity index (χ4v) is 3.58. The quantitative estimate of drug-likeness (QED) is 0.808. The Hall–Kier alpha value is -1.77. The molecule has 0 bridgehead atoms. The van der Waals surface area contributed by atoms with Crippen LogP contribution < -0.4 is 5.73 Å². The number of carbonyl (C=O) groups excluding carboxylic acids is 1. The monoisotopic (exact) mass is 326 g/mol. The normalized spacial score (nSPS) is 11.5. The van der Waals surface area contributed by atoms with Crippen LogP contribution in [-0.4, -0.2) is 36.8 Å². The highest BCUT2D eigenvalue weighted by atomic mass is 32.2. The van der Waals surface area contributed by atoms with Crippen molar-refractivity contribution in [1.29, 1.82) is 0 Å². The van der Waals surface area contributed by atoms with Crippen LogP contribution in [0.25, 0.3) is 11.3 Å². The van der Waals surface area contributed by atoms with Crippen molar-refractivity contribution >= 4 is 27.1 Å². The molecule has 0 saturated carbocycles. The lowest BCUT2D eigenvalue weighted by molar-refractivity contribution is -0.117. The zero-order valence-electron chi connectivity index (χ0n) is 11.0. The lowest BCUT2D eigenvalue weighted by Gasteiger charge is -2.03. The molecule has 8 heteroatoms. The minimum absolute atomic E-state index is 0.0909. The molecular weight excluding hydrogens is 312 g/mol. The standard InChI is InChI=1S/C13H14N2O4S2/c14-12(17)7-13-15-11(8-20-13)9-1-3-10(4-2-9)21(18,19)6-5-16/h1-4,8,16H,5-7H2,(H2,14,17). The number of carbonyl (C=O) groups is 1. The van der Waals surface area contributed by atoms with Crippen molar-refractivity contribution in [3.05, 3.63) is 34.7 Å². The van der Waals surface area contributed by atoms with Gasteiger partial charge in [0.25, 0.3) is 0 Å². The van der Waals surface area contributed by atoms with E-state index in [0.29, 0.717) is 10.7 Å². The fourth-order valence-electron chi connectivity index (χ4n) is 1.74. The second-order valence-corrected chi connectivity index (χ2v) is 7.39. The Bertz CT molecular complexity index is 736. The molecule has 0 unspecified atom stereocenters. The summed E-state index contributed by atoms with van der Waals surface area (Å²) in [5.41, 5.74) is 6.53. The van der Waals surface area contributed by atoms with Gasteiger partial charge in [0.1, 0.15) is 5.01 Å². The van der Waals surface area contributed by atoms with E-state index in [0.717, 1.165) is 5.56 Å². The highest BCUT2D eigenvalue weighted by Gasteiger charge is 2.14. The zero-order chi connectivity index (χ0) is 15.5. The number of thiazole rings is 1. The van der Waals surface area contributed by atoms with Gasteiger partial charge in [-0.2, -0.15) is 0 Å². The summed E-state index contributed by atoms with van der Waals surface area (Å²) in [5, 5.41) is 11.2. The molecule has 1 aromatic carbocycles. The molecule has 1 aromatic heterocycles. The number of hydrogen-bond acceptors (Lipinski definition) is 6. The van der Waals surface area contributed by atoms with Crippen LogP contribution in [0, 0.1) is 0 Å². The van der Waals surface area contributed by atoms with Gasteiger partial charge in [-0.25, -0.2) is 13.4 Å². The van der Waals surface area contributed by atoms with Gasteiger partial charge in [-0.3, -0.25) is 4.79 Å². The van der Waals surface area contributed by atoms with Gasteiger partial charge in [0.15, 0.2) is 9.84 Å². The Labute approximate surface area is 126 Å². The van der Waals surface area contributed by atoms with Crippen molar-refractivity contribution in [2.45, 2.75) is 11.3 Å². The Kier molecular flexibility index (Phi) is 4.71. The van der Waals surface area contributed by atoms with Gasteiger partial charge in [0, 0.05) is 10.9 Å². The van der Waals surface area contributed by atoms with Crippen molar-refractivity contribution in [1.82, 2.24) is 4.98 Å². The molecular formula is C13H14N2O4S2. The predicted molar refractivity (Wildman–Crippen MR) is 79.6 cm³/mol. The zero-order valence-corrected chi connectivity index (χ0v) is 12.7. The van der Waals surface area contributed by atoms with Crippen LogP contribution in [0.3, 0.4) is 0 Å². The summed E-state index contributed by atoms with van der Waals surface area (Å²) in [5.74, 6) is -0.743. The van der Waals surface area contributed by atoms with Crippen LogP contribution in [0.2, 0.25) is 0 Å². The summed E-state index contributed by atoms with van der Waals surface area (Å²) in [6.07, 6.45) is 0.0909. The molecule has 0 spiro atoms. The second kappa shape index (κ2) is 6.33. The Morgan fingerprint density at radius 1 is 1.29 bits per heavy atom. The maximum absolute atomic E-state index is 11.8. The van der Waals surface area contributed by atoms with Crippen molar-refractivity contribution in [2.24, 2.45) is 5.73 Å². The smallest absolute Gasteiger partial charge is 0.224 e. The molecule has 0 aliphatic rings. The van der Waals surface area contributed by atoms with Gasteiger partial charge in [-0.1, -0.05) is 12.1 Å². The Morgan fingerprint density at radius 3 is 2.52 bits per heavy atom. The average molecular weight is 326 g/mol. The van der Waals surface area contributed by atoms with Crippen molar-refractivity contribution in [3.63, 3.8) is 0 Å². The molecule has 3 N–H and O–H groups in total. The number of rotatable bonds is 6. The summed E-state index contributed by atoms with van der Waals surface area (Å²) >= 11 is 1.33. The molecule has 6 nitrogen and oxygen atoms in total. The first kappa shape index (κ1) is 15.6. The Balaban J connectivity index is 2.23. The minimum atomic E-state index is -3.45. The molecule has 21 heavy (non-hydrogen) atoms. The summed E-state index contributed by atoms with van der Waals surface area (Å²) in [6, 6.07) is 6.25. The van der Waals surface area contributed by atoms with Crippen LogP contribution in [0.15, 0.2) is 34.5 Å². The number of aliphatic hydroxyl groups is 1. The van der Waals surface area contributed by atoms with Crippen LogP contribution in [-0.2, 0) is 21.1 Å². The molecule has 0 aliphatic heterocycles. The van der Waals surface area contributed by atoms with Gasteiger partial charge in [0.05, 0.1) is 29.4 Å². The molecule has 0 saturated heterocycles. The van der Waals surface area contributed by atoms with E-state index in [2.05, 4.69) is 4.98 Å². The summed E-state index contributed by atoms with van der Waals surface area (Å²) in [7, 11) is -3.45. The number of primary amides is 1. The van der Waals surface area contributed by atoms with E-state index >= 15 is 0 Å². The lowest BCUT2D eigenvalue weighted by atomic mass is 10.2. The van der Waals surface area contributed by atoms with Crippen molar-refractivity contribution in [2.75, 3.05) is 12.4 Å². The summed E-state index contributed by atoms with van der Waals surface area (Å²) in [4.78, 5) is 15.3. The molecule has 0 radical (unpaired) electrons. The lowest BCUT2D eigenvalue weighted by Crippen LogP contribution is -2.13. The number of aromatic nitrogens is 1. The maximum Gasteiger partial charge on any atom is 0.224 e. The van der Waals surface area contributed by atoms with E-state index in [1.165, 1.54) is 23.5 Å². The summed E-state index contributed by atoms with van der Waals surface area (Å²) in [6.45, 7) is -0.410. The van der Waals surface area contributed by atoms with E-state index in [1.54, 1.807) is 17.5 Å². The van der Waals surface area contributed by atoms with Gasteiger partial charge in [-0.05, 0) is 12.1 Å². The molecule has 2 rings (SSSR count). The number of nitrogens with zero attached hydrogens (tertiary/aromatic N) is 1. The third-order valence-corrected chi connectivity index (χ3v) is 5.31. The van der Waals surface area contributed by atoms with Gasteiger partial charge < -0.3 is 10.8 Å².